The molecule has 1 saturated heterocycles. The highest BCUT2D eigenvalue weighted by Crippen LogP contribution is 2.50. The lowest BCUT2D eigenvalue weighted by Gasteiger charge is -2.36. The molecule has 0 aromatic carbocycles. The minimum absolute atomic E-state index is 0.0958. The van der Waals surface area contributed by atoms with Crippen molar-refractivity contribution in [1.82, 2.24) is 10.1 Å². The largest absolute Gasteiger partial charge is 0.378 e. The van der Waals surface area contributed by atoms with E-state index in [1.54, 1.807) is 7.11 Å². The van der Waals surface area contributed by atoms with Crippen LogP contribution in [0.3, 0.4) is 0 Å². The summed E-state index contributed by atoms with van der Waals surface area (Å²) in [4.78, 5) is 6.57. The number of ether oxygens (including phenoxy) is 1. The van der Waals surface area contributed by atoms with Crippen LogP contribution in [0.15, 0.2) is 17.2 Å². The molecule has 0 bridgehead atoms. The van der Waals surface area contributed by atoms with Crippen molar-refractivity contribution in [2.75, 3.05) is 25.1 Å². The fourth-order valence-corrected chi connectivity index (χ4v) is 2.24. The highest BCUT2D eigenvalue weighted by molar-refractivity contribution is 5.35. The van der Waals surface area contributed by atoms with Gasteiger partial charge in [-0.25, -0.2) is 0 Å². The third kappa shape index (κ3) is 1.74. The Hall–Kier alpha value is -1.36. The lowest BCUT2D eigenvalue weighted by atomic mass is 10.0. The number of aromatic nitrogens is 2. The fourth-order valence-electron chi connectivity index (χ4n) is 2.24. The van der Waals surface area contributed by atoms with E-state index < -0.39 is 0 Å². The van der Waals surface area contributed by atoms with Gasteiger partial charge in [-0.1, -0.05) is 6.08 Å². The van der Waals surface area contributed by atoms with Crippen LogP contribution in [0.25, 0.3) is 0 Å². The molecule has 0 unspecified atom stereocenters. The van der Waals surface area contributed by atoms with Crippen LogP contribution in [0.1, 0.15) is 25.2 Å². The Balaban J connectivity index is 1.69. The highest BCUT2D eigenvalue weighted by atomic mass is 16.5. The van der Waals surface area contributed by atoms with Crippen molar-refractivity contribution in [2.45, 2.75) is 30.8 Å². The number of allylic oxidation sites excluding steroid dienone is 1. The Kier molecular flexibility index (Phi) is 2.43. The first-order chi connectivity index (χ1) is 8.27. The smallest absolute Gasteiger partial charge is 0.266 e. The summed E-state index contributed by atoms with van der Waals surface area (Å²) in [6.45, 7) is 5.49. The topological polar surface area (TPSA) is 51.4 Å². The minimum Gasteiger partial charge on any atom is -0.378 e. The number of anilines is 1. The van der Waals surface area contributed by atoms with Crippen molar-refractivity contribution in [3.05, 3.63) is 18.5 Å². The molecule has 0 amide bonds. The van der Waals surface area contributed by atoms with Crippen molar-refractivity contribution >= 4 is 5.95 Å². The molecule has 1 aromatic rings. The molecule has 0 N–H and O–H groups in total. The van der Waals surface area contributed by atoms with Crippen LogP contribution in [0.5, 0.6) is 0 Å². The number of nitrogens with zero attached hydrogens (tertiary/aromatic N) is 3. The lowest BCUT2D eigenvalue weighted by Crippen LogP contribution is -2.52. The summed E-state index contributed by atoms with van der Waals surface area (Å²) in [5.74, 6) is 1.47. The molecule has 1 aliphatic carbocycles. The Morgan fingerprint density at radius 2 is 2.35 bits per heavy atom. The summed E-state index contributed by atoms with van der Waals surface area (Å²) in [6, 6.07) is 0. The number of hydrogen-bond acceptors (Lipinski definition) is 5. The van der Waals surface area contributed by atoms with Crippen molar-refractivity contribution in [2.24, 2.45) is 0 Å². The second-order valence-corrected chi connectivity index (χ2v) is 4.94. The molecule has 5 heteroatoms. The molecule has 2 fully saturated rings. The van der Waals surface area contributed by atoms with Crippen LogP contribution in [0.4, 0.5) is 5.95 Å². The minimum atomic E-state index is 0.0958. The molecule has 5 nitrogen and oxygen atoms in total. The Morgan fingerprint density at radius 3 is 2.94 bits per heavy atom. The Labute approximate surface area is 100 Å². The van der Waals surface area contributed by atoms with Gasteiger partial charge >= 0.3 is 0 Å². The first-order valence-electron chi connectivity index (χ1n) is 6.00. The maximum Gasteiger partial charge on any atom is 0.266 e. The average Bonchev–Trinajstić information content (AvgIpc) is 2.88. The van der Waals surface area contributed by atoms with Gasteiger partial charge in [-0.15, -0.1) is 6.58 Å². The maximum absolute atomic E-state index is 5.38. The lowest BCUT2D eigenvalue weighted by molar-refractivity contribution is 0.0775. The summed E-state index contributed by atoms with van der Waals surface area (Å²) < 4.78 is 10.6. The first kappa shape index (κ1) is 10.8. The Bertz CT molecular complexity index is 419. The second kappa shape index (κ2) is 3.84. The summed E-state index contributed by atoms with van der Waals surface area (Å²) in [7, 11) is 1.73. The van der Waals surface area contributed by atoms with Crippen LogP contribution in [-0.4, -0.2) is 36.4 Å². The predicted molar refractivity (Wildman–Crippen MR) is 63.0 cm³/mol. The van der Waals surface area contributed by atoms with E-state index in [0.717, 1.165) is 38.2 Å². The molecular formula is C12H17N3O2. The van der Waals surface area contributed by atoms with E-state index >= 15 is 0 Å². The van der Waals surface area contributed by atoms with E-state index in [2.05, 4.69) is 21.6 Å². The maximum atomic E-state index is 5.38. The third-order valence-corrected chi connectivity index (χ3v) is 3.72. The molecule has 0 radical (unpaired) electrons. The molecule has 1 saturated carbocycles. The number of hydrogen-bond donors (Lipinski definition) is 0. The molecule has 17 heavy (non-hydrogen) atoms. The van der Waals surface area contributed by atoms with E-state index in [1.807, 2.05) is 6.08 Å². The molecule has 3 rings (SSSR count). The first-order valence-corrected chi connectivity index (χ1v) is 6.00. The number of rotatable bonds is 5. The van der Waals surface area contributed by atoms with Gasteiger partial charge < -0.3 is 14.2 Å². The molecular weight excluding hydrogens is 218 g/mol. The summed E-state index contributed by atoms with van der Waals surface area (Å²) in [5, 5.41) is 4.05. The summed E-state index contributed by atoms with van der Waals surface area (Å²) in [6.07, 6.45) is 5.42. The second-order valence-electron chi connectivity index (χ2n) is 4.94. The van der Waals surface area contributed by atoms with Gasteiger partial charge in [0, 0.05) is 20.2 Å². The molecule has 0 atom stereocenters. The van der Waals surface area contributed by atoms with E-state index in [4.69, 9.17) is 9.26 Å². The number of methoxy groups -OCH3 is 1. The van der Waals surface area contributed by atoms with Gasteiger partial charge in [0.1, 0.15) is 0 Å². The van der Waals surface area contributed by atoms with Crippen molar-refractivity contribution in [3.8, 4) is 0 Å². The zero-order valence-electron chi connectivity index (χ0n) is 10.1. The molecule has 2 aliphatic rings. The summed E-state index contributed by atoms with van der Waals surface area (Å²) in [5.41, 5.74) is 0.0958. The molecule has 1 aromatic heterocycles. The fraction of sp³-hybridized carbons (Fsp3) is 0.667. The van der Waals surface area contributed by atoms with Crippen LogP contribution in [0.2, 0.25) is 0 Å². The van der Waals surface area contributed by atoms with E-state index in [9.17, 15) is 0 Å². The predicted octanol–water partition coefficient (Wildman–Crippen LogP) is 1.51. The van der Waals surface area contributed by atoms with Gasteiger partial charge in [0.05, 0.1) is 11.5 Å². The molecule has 92 valence electrons. The van der Waals surface area contributed by atoms with Gasteiger partial charge in [0.2, 0.25) is 5.89 Å². The zero-order chi connectivity index (χ0) is 11.9. The van der Waals surface area contributed by atoms with Crippen LogP contribution in [-0.2, 0) is 10.2 Å². The average molecular weight is 235 g/mol. The van der Waals surface area contributed by atoms with Gasteiger partial charge in [0.25, 0.3) is 5.95 Å². The van der Waals surface area contributed by atoms with Crippen LogP contribution < -0.4 is 4.90 Å². The quantitative estimate of drug-likeness (QED) is 0.724. The normalized spacial score (nSPS) is 22.3. The van der Waals surface area contributed by atoms with Crippen LogP contribution >= 0.6 is 0 Å². The molecule has 1 aliphatic heterocycles. The molecule has 0 spiro atoms. The van der Waals surface area contributed by atoms with Gasteiger partial charge in [-0.05, 0) is 24.4 Å². The molecule has 2 heterocycles. The van der Waals surface area contributed by atoms with Gasteiger partial charge in [-0.3, -0.25) is 0 Å². The van der Waals surface area contributed by atoms with E-state index in [0.29, 0.717) is 12.1 Å². The van der Waals surface area contributed by atoms with E-state index in [1.165, 1.54) is 0 Å². The van der Waals surface area contributed by atoms with Gasteiger partial charge in [0.15, 0.2) is 0 Å². The highest BCUT2D eigenvalue weighted by Gasteiger charge is 2.48. The summed E-state index contributed by atoms with van der Waals surface area (Å²) >= 11 is 0. The van der Waals surface area contributed by atoms with Crippen molar-refractivity contribution in [3.63, 3.8) is 0 Å². The SMILES string of the molecule is C=CCC1(c2nc(N3CC(OC)C3)no2)CC1. The van der Waals surface area contributed by atoms with Crippen LogP contribution in [0, 0.1) is 0 Å². The van der Waals surface area contributed by atoms with E-state index in [-0.39, 0.29) is 5.41 Å². The third-order valence-electron chi connectivity index (χ3n) is 3.72. The Morgan fingerprint density at radius 1 is 1.59 bits per heavy atom. The van der Waals surface area contributed by atoms with Crippen molar-refractivity contribution < 1.29 is 9.26 Å². The monoisotopic (exact) mass is 235 g/mol. The van der Waals surface area contributed by atoms with Gasteiger partial charge in [-0.2, -0.15) is 4.98 Å². The van der Waals surface area contributed by atoms with Crippen molar-refractivity contribution in [1.29, 1.82) is 0 Å². The standard InChI is InChI=1S/C12H17N3O2/c1-3-4-12(5-6-12)10-13-11(14-17-10)15-7-9(8-15)16-2/h3,9H,1,4-8H2,2H3. The zero-order valence-corrected chi connectivity index (χ0v) is 10.1.